The SMILES string of the molecule is CC(C)Cn1ncnc1CCCC(C)O. The number of hydrogen-bond donors (Lipinski definition) is 1. The molecule has 0 saturated heterocycles. The first-order valence-electron chi connectivity index (χ1n) is 5.64. The molecule has 1 rings (SSSR count). The van der Waals surface area contributed by atoms with E-state index in [1.165, 1.54) is 0 Å². The molecule has 0 saturated carbocycles. The Morgan fingerprint density at radius 1 is 1.40 bits per heavy atom. The summed E-state index contributed by atoms with van der Waals surface area (Å²) in [6.45, 7) is 7.07. The number of aromatic nitrogens is 3. The quantitative estimate of drug-likeness (QED) is 0.778. The second kappa shape index (κ2) is 5.85. The van der Waals surface area contributed by atoms with Crippen molar-refractivity contribution in [3.8, 4) is 0 Å². The van der Waals surface area contributed by atoms with E-state index in [0.717, 1.165) is 31.6 Å². The van der Waals surface area contributed by atoms with E-state index >= 15 is 0 Å². The maximum Gasteiger partial charge on any atom is 0.138 e. The van der Waals surface area contributed by atoms with Crippen molar-refractivity contribution in [3.63, 3.8) is 0 Å². The van der Waals surface area contributed by atoms with Gasteiger partial charge in [-0.15, -0.1) is 0 Å². The number of aryl methyl sites for hydroxylation is 1. The van der Waals surface area contributed by atoms with E-state index in [0.29, 0.717) is 5.92 Å². The van der Waals surface area contributed by atoms with Crippen molar-refractivity contribution in [1.29, 1.82) is 0 Å². The van der Waals surface area contributed by atoms with Crippen LogP contribution in [0.15, 0.2) is 6.33 Å². The fraction of sp³-hybridized carbons (Fsp3) is 0.818. The summed E-state index contributed by atoms with van der Waals surface area (Å²) in [5.41, 5.74) is 0. The van der Waals surface area contributed by atoms with Crippen LogP contribution in [-0.2, 0) is 13.0 Å². The molecule has 0 aliphatic heterocycles. The fourth-order valence-electron chi connectivity index (χ4n) is 1.54. The number of rotatable bonds is 6. The predicted octanol–water partition coefficient (Wildman–Crippen LogP) is 1.64. The van der Waals surface area contributed by atoms with E-state index in [4.69, 9.17) is 5.11 Å². The Morgan fingerprint density at radius 3 is 2.73 bits per heavy atom. The summed E-state index contributed by atoms with van der Waals surface area (Å²) < 4.78 is 1.96. The highest BCUT2D eigenvalue weighted by Gasteiger charge is 2.06. The summed E-state index contributed by atoms with van der Waals surface area (Å²) in [6, 6.07) is 0. The lowest BCUT2D eigenvalue weighted by atomic mass is 10.1. The molecule has 86 valence electrons. The maximum atomic E-state index is 9.15. The van der Waals surface area contributed by atoms with Gasteiger partial charge < -0.3 is 5.11 Å². The zero-order valence-electron chi connectivity index (χ0n) is 9.85. The summed E-state index contributed by atoms with van der Waals surface area (Å²) in [6.07, 6.45) is 4.09. The molecule has 1 heterocycles. The second-order valence-corrected chi connectivity index (χ2v) is 4.49. The smallest absolute Gasteiger partial charge is 0.138 e. The van der Waals surface area contributed by atoms with Crippen LogP contribution in [0.25, 0.3) is 0 Å². The Morgan fingerprint density at radius 2 is 2.13 bits per heavy atom. The molecule has 1 unspecified atom stereocenters. The van der Waals surface area contributed by atoms with Gasteiger partial charge in [0, 0.05) is 13.0 Å². The molecule has 15 heavy (non-hydrogen) atoms. The van der Waals surface area contributed by atoms with Crippen molar-refractivity contribution in [2.45, 2.75) is 52.7 Å². The van der Waals surface area contributed by atoms with Crippen LogP contribution in [-0.4, -0.2) is 26.0 Å². The zero-order valence-corrected chi connectivity index (χ0v) is 9.85. The molecule has 0 bridgehead atoms. The normalized spacial score (nSPS) is 13.4. The van der Waals surface area contributed by atoms with Gasteiger partial charge in [-0.05, 0) is 25.7 Å². The first kappa shape index (κ1) is 12.2. The Bertz CT molecular complexity index is 281. The largest absolute Gasteiger partial charge is 0.393 e. The molecule has 0 fully saturated rings. The molecule has 1 atom stereocenters. The first-order chi connectivity index (χ1) is 7.09. The average Bonchev–Trinajstić information content (AvgIpc) is 2.51. The van der Waals surface area contributed by atoms with Crippen LogP contribution in [0, 0.1) is 5.92 Å². The topological polar surface area (TPSA) is 50.9 Å². The maximum absolute atomic E-state index is 9.15. The Kier molecular flexibility index (Phi) is 4.75. The third kappa shape index (κ3) is 4.42. The van der Waals surface area contributed by atoms with Crippen LogP contribution in [0.2, 0.25) is 0 Å². The van der Waals surface area contributed by atoms with E-state index in [-0.39, 0.29) is 6.10 Å². The fourth-order valence-corrected chi connectivity index (χ4v) is 1.54. The van der Waals surface area contributed by atoms with Crippen molar-refractivity contribution >= 4 is 0 Å². The molecule has 0 aliphatic rings. The van der Waals surface area contributed by atoms with Crippen molar-refractivity contribution in [2.24, 2.45) is 5.92 Å². The van der Waals surface area contributed by atoms with Gasteiger partial charge in [-0.2, -0.15) is 5.10 Å². The molecule has 4 nitrogen and oxygen atoms in total. The lowest BCUT2D eigenvalue weighted by molar-refractivity contribution is 0.181. The summed E-state index contributed by atoms with van der Waals surface area (Å²) in [5.74, 6) is 1.62. The number of hydrogen-bond acceptors (Lipinski definition) is 3. The van der Waals surface area contributed by atoms with Crippen LogP contribution in [0.4, 0.5) is 0 Å². The van der Waals surface area contributed by atoms with Crippen LogP contribution in [0.1, 0.15) is 39.4 Å². The summed E-state index contributed by atoms with van der Waals surface area (Å²) in [4.78, 5) is 4.24. The molecule has 1 aromatic rings. The van der Waals surface area contributed by atoms with Crippen molar-refractivity contribution in [2.75, 3.05) is 0 Å². The zero-order chi connectivity index (χ0) is 11.3. The van der Waals surface area contributed by atoms with Gasteiger partial charge >= 0.3 is 0 Å². The Labute approximate surface area is 91.3 Å². The van der Waals surface area contributed by atoms with Gasteiger partial charge in [0.2, 0.25) is 0 Å². The summed E-state index contributed by atoms with van der Waals surface area (Å²) in [5, 5.41) is 13.4. The van der Waals surface area contributed by atoms with E-state index in [1.807, 2.05) is 11.6 Å². The highest BCUT2D eigenvalue weighted by Crippen LogP contribution is 2.06. The standard InChI is InChI=1S/C11H21N3O/c1-9(2)7-14-11(12-8-13-14)6-4-5-10(3)15/h8-10,15H,4-7H2,1-3H3. The van der Waals surface area contributed by atoms with Gasteiger partial charge in [0.15, 0.2) is 0 Å². The number of aliphatic hydroxyl groups is 1. The second-order valence-electron chi connectivity index (χ2n) is 4.49. The van der Waals surface area contributed by atoms with Crippen LogP contribution < -0.4 is 0 Å². The molecule has 0 spiro atoms. The molecule has 0 aromatic carbocycles. The highest BCUT2D eigenvalue weighted by molar-refractivity contribution is 4.85. The molecule has 1 aromatic heterocycles. The predicted molar refractivity (Wildman–Crippen MR) is 59.5 cm³/mol. The first-order valence-corrected chi connectivity index (χ1v) is 5.64. The van der Waals surface area contributed by atoms with E-state index in [2.05, 4.69) is 23.9 Å². The van der Waals surface area contributed by atoms with Gasteiger partial charge in [-0.1, -0.05) is 13.8 Å². The molecule has 0 radical (unpaired) electrons. The molecular formula is C11H21N3O. The van der Waals surface area contributed by atoms with Gasteiger partial charge in [0.1, 0.15) is 12.2 Å². The van der Waals surface area contributed by atoms with E-state index in [9.17, 15) is 0 Å². The van der Waals surface area contributed by atoms with E-state index < -0.39 is 0 Å². The number of aliphatic hydroxyl groups excluding tert-OH is 1. The lowest BCUT2D eigenvalue weighted by Crippen LogP contribution is -2.11. The molecule has 0 amide bonds. The van der Waals surface area contributed by atoms with E-state index in [1.54, 1.807) is 6.33 Å². The minimum Gasteiger partial charge on any atom is -0.393 e. The number of nitrogens with zero attached hydrogens (tertiary/aromatic N) is 3. The summed E-state index contributed by atoms with van der Waals surface area (Å²) >= 11 is 0. The van der Waals surface area contributed by atoms with Crippen LogP contribution >= 0.6 is 0 Å². The molecule has 4 heteroatoms. The van der Waals surface area contributed by atoms with Gasteiger partial charge in [-0.3, -0.25) is 0 Å². The minimum atomic E-state index is -0.216. The minimum absolute atomic E-state index is 0.216. The monoisotopic (exact) mass is 211 g/mol. The van der Waals surface area contributed by atoms with Crippen molar-refractivity contribution in [3.05, 3.63) is 12.2 Å². The third-order valence-electron chi connectivity index (χ3n) is 2.26. The van der Waals surface area contributed by atoms with Crippen molar-refractivity contribution < 1.29 is 5.11 Å². The van der Waals surface area contributed by atoms with Crippen LogP contribution in [0.3, 0.4) is 0 Å². The molecular weight excluding hydrogens is 190 g/mol. The Balaban J connectivity index is 2.43. The molecule has 1 N–H and O–H groups in total. The van der Waals surface area contributed by atoms with Gasteiger partial charge in [-0.25, -0.2) is 9.67 Å². The highest BCUT2D eigenvalue weighted by atomic mass is 16.3. The lowest BCUT2D eigenvalue weighted by Gasteiger charge is -2.08. The van der Waals surface area contributed by atoms with Gasteiger partial charge in [0.05, 0.1) is 6.10 Å². The average molecular weight is 211 g/mol. The van der Waals surface area contributed by atoms with Crippen LogP contribution in [0.5, 0.6) is 0 Å². The summed E-state index contributed by atoms with van der Waals surface area (Å²) in [7, 11) is 0. The van der Waals surface area contributed by atoms with Gasteiger partial charge in [0.25, 0.3) is 0 Å². The molecule has 0 aliphatic carbocycles. The van der Waals surface area contributed by atoms with Crippen molar-refractivity contribution in [1.82, 2.24) is 14.8 Å². The Hall–Kier alpha value is -0.900. The third-order valence-corrected chi connectivity index (χ3v) is 2.26.